The van der Waals surface area contributed by atoms with Crippen molar-refractivity contribution in [3.05, 3.63) is 75.0 Å². The topological polar surface area (TPSA) is 92.2 Å². The van der Waals surface area contributed by atoms with Crippen LogP contribution in [0.1, 0.15) is 11.1 Å². The van der Waals surface area contributed by atoms with Crippen LogP contribution in [0.2, 0.25) is 5.02 Å². The van der Waals surface area contributed by atoms with Crippen molar-refractivity contribution in [3.8, 4) is 11.4 Å². The smallest absolute Gasteiger partial charge is 0.266 e. The maximum absolute atomic E-state index is 12.5. The molecule has 9 heteroatoms. The standard InChI is InChI=1S/C21H18ClN5O2S/c1-12-6-13(2)8-16(7-12)23-19(29)11-30-21-25-20(14-4-3-5-15(22)9-14)24-17-10-18(28)26-27(17)21/h3-10H,11H2,1-2H3,(H,23,29)(H,26,28). The van der Waals surface area contributed by atoms with Crippen LogP contribution in [-0.4, -0.2) is 31.2 Å². The molecule has 0 unspecified atom stereocenters. The number of carbonyl (C=O) groups is 1. The molecule has 4 rings (SSSR count). The van der Waals surface area contributed by atoms with E-state index in [2.05, 4.69) is 20.4 Å². The van der Waals surface area contributed by atoms with E-state index < -0.39 is 0 Å². The highest BCUT2D eigenvalue weighted by Crippen LogP contribution is 2.24. The van der Waals surface area contributed by atoms with Crippen molar-refractivity contribution in [2.24, 2.45) is 0 Å². The summed E-state index contributed by atoms with van der Waals surface area (Å²) in [6.07, 6.45) is 0. The first-order valence-electron chi connectivity index (χ1n) is 9.14. The van der Waals surface area contributed by atoms with Crippen LogP contribution in [0, 0.1) is 13.8 Å². The summed E-state index contributed by atoms with van der Waals surface area (Å²) in [5.41, 5.74) is 3.74. The van der Waals surface area contributed by atoms with Gasteiger partial charge >= 0.3 is 0 Å². The third-order valence-electron chi connectivity index (χ3n) is 4.25. The van der Waals surface area contributed by atoms with Crippen LogP contribution in [-0.2, 0) is 4.79 Å². The Morgan fingerprint density at radius 2 is 1.90 bits per heavy atom. The molecule has 0 saturated heterocycles. The van der Waals surface area contributed by atoms with Crippen molar-refractivity contribution in [1.29, 1.82) is 0 Å². The minimum absolute atomic E-state index is 0.119. The van der Waals surface area contributed by atoms with E-state index in [0.29, 0.717) is 21.7 Å². The van der Waals surface area contributed by atoms with E-state index >= 15 is 0 Å². The lowest BCUT2D eigenvalue weighted by Gasteiger charge is -2.09. The zero-order chi connectivity index (χ0) is 21.3. The van der Waals surface area contributed by atoms with Gasteiger partial charge in [-0.3, -0.25) is 14.7 Å². The van der Waals surface area contributed by atoms with Gasteiger partial charge in [-0.05, 0) is 49.2 Å². The van der Waals surface area contributed by atoms with Crippen LogP contribution < -0.4 is 10.9 Å². The molecular weight excluding hydrogens is 422 g/mol. The predicted molar refractivity (Wildman–Crippen MR) is 119 cm³/mol. The van der Waals surface area contributed by atoms with Gasteiger partial charge in [0.1, 0.15) is 0 Å². The van der Waals surface area contributed by atoms with Gasteiger partial charge in [0.2, 0.25) is 5.91 Å². The van der Waals surface area contributed by atoms with Crippen molar-refractivity contribution in [3.63, 3.8) is 0 Å². The number of rotatable bonds is 5. The lowest BCUT2D eigenvalue weighted by Crippen LogP contribution is -2.15. The first-order chi connectivity index (χ1) is 14.4. The Labute approximate surface area is 181 Å². The number of anilines is 1. The Bertz CT molecular complexity index is 1290. The van der Waals surface area contributed by atoms with E-state index in [4.69, 9.17) is 11.6 Å². The van der Waals surface area contributed by atoms with Crippen LogP contribution in [0.15, 0.2) is 58.5 Å². The quantitative estimate of drug-likeness (QED) is 0.457. The molecule has 2 aromatic carbocycles. The van der Waals surface area contributed by atoms with E-state index in [0.717, 1.165) is 22.4 Å². The summed E-state index contributed by atoms with van der Waals surface area (Å²) in [5, 5.41) is 6.57. The van der Waals surface area contributed by atoms with Crippen LogP contribution in [0.5, 0.6) is 0 Å². The SMILES string of the molecule is Cc1cc(C)cc(NC(=O)CSc2nc(-c3cccc(Cl)c3)nc3cc(=O)[nH]n23)c1. The number of hydrogen-bond donors (Lipinski definition) is 2. The second-order valence-corrected chi connectivity index (χ2v) is 8.25. The summed E-state index contributed by atoms with van der Waals surface area (Å²) >= 11 is 7.29. The Hall–Kier alpha value is -3.10. The number of thioether (sulfide) groups is 1. The molecule has 0 aliphatic carbocycles. The first kappa shape index (κ1) is 20.2. The number of aromatic nitrogens is 4. The number of nitrogens with zero attached hydrogens (tertiary/aromatic N) is 3. The Balaban J connectivity index is 1.60. The van der Waals surface area contributed by atoms with Gasteiger partial charge in [-0.1, -0.05) is 41.6 Å². The summed E-state index contributed by atoms with van der Waals surface area (Å²) in [6, 6.07) is 14.4. The molecule has 4 aromatic rings. The molecule has 0 saturated carbocycles. The molecule has 2 heterocycles. The number of carbonyl (C=O) groups excluding carboxylic acids is 1. The molecule has 0 spiro atoms. The van der Waals surface area contributed by atoms with E-state index in [1.807, 2.05) is 38.1 Å². The van der Waals surface area contributed by atoms with Gasteiger partial charge in [-0.15, -0.1) is 0 Å². The van der Waals surface area contributed by atoms with Gasteiger partial charge in [0.05, 0.1) is 5.75 Å². The van der Waals surface area contributed by atoms with E-state index in [1.165, 1.54) is 22.3 Å². The largest absolute Gasteiger partial charge is 0.325 e. The number of halogens is 1. The van der Waals surface area contributed by atoms with Crippen LogP contribution in [0.4, 0.5) is 5.69 Å². The fourth-order valence-electron chi connectivity index (χ4n) is 3.11. The summed E-state index contributed by atoms with van der Waals surface area (Å²) in [6.45, 7) is 3.96. The number of hydrogen-bond acceptors (Lipinski definition) is 5. The Kier molecular flexibility index (Phi) is 5.61. The van der Waals surface area contributed by atoms with E-state index in [1.54, 1.807) is 18.2 Å². The maximum Gasteiger partial charge on any atom is 0.266 e. The molecule has 30 heavy (non-hydrogen) atoms. The molecule has 0 atom stereocenters. The van der Waals surface area contributed by atoms with Crippen molar-refractivity contribution in [2.45, 2.75) is 19.0 Å². The van der Waals surface area contributed by atoms with Gasteiger partial charge in [0.15, 0.2) is 16.6 Å². The molecular formula is C21H18ClN5O2S. The number of aryl methyl sites for hydroxylation is 2. The lowest BCUT2D eigenvalue weighted by atomic mass is 10.1. The van der Waals surface area contributed by atoms with Gasteiger partial charge in [0.25, 0.3) is 5.56 Å². The molecule has 0 aliphatic rings. The third kappa shape index (κ3) is 4.55. The Morgan fingerprint density at radius 1 is 1.13 bits per heavy atom. The molecule has 0 bridgehead atoms. The van der Waals surface area contributed by atoms with E-state index in [-0.39, 0.29) is 17.2 Å². The van der Waals surface area contributed by atoms with Gasteiger partial charge in [-0.2, -0.15) is 0 Å². The number of benzene rings is 2. The molecule has 1 amide bonds. The monoisotopic (exact) mass is 439 g/mol. The predicted octanol–water partition coefficient (Wildman–Crippen LogP) is 4.09. The van der Waals surface area contributed by atoms with Crippen LogP contribution in [0.3, 0.4) is 0 Å². The number of fused-ring (bicyclic) bond motifs is 1. The normalized spacial score (nSPS) is 11.0. The summed E-state index contributed by atoms with van der Waals surface area (Å²) < 4.78 is 1.48. The minimum atomic E-state index is -0.297. The summed E-state index contributed by atoms with van der Waals surface area (Å²) in [7, 11) is 0. The zero-order valence-corrected chi connectivity index (χ0v) is 17.8. The fraction of sp³-hybridized carbons (Fsp3) is 0.143. The minimum Gasteiger partial charge on any atom is -0.325 e. The lowest BCUT2D eigenvalue weighted by molar-refractivity contribution is -0.113. The van der Waals surface area contributed by atoms with E-state index in [9.17, 15) is 9.59 Å². The highest BCUT2D eigenvalue weighted by Gasteiger charge is 2.14. The molecule has 2 aromatic heterocycles. The highest BCUT2D eigenvalue weighted by molar-refractivity contribution is 7.99. The number of H-pyrrole nitrogens is 1. The molecule has 152 valence electrons. The van der Waals surface area contributed by atoms with Crippen molar-refractivity contribution >= 4 is 40.6 Å². The second kappa shape index (κ2) is 8.33. The van der Waals surface area contributed by atoms with Gasteiger partial charge in [-0.25, -0.2) is 14.5 Å². The number of aromatic amines is 1. The fourth-order valence-corrected chi connectivity index (χ4v) is 4.05. The van der Waals surface area contributed by atoms with Crippen molar-refractivity contribution < 1.29 is 4.79 Å². The number of amides is 1. The van der Waals surface area contributed by atoms with Crippen LogP contribution >= 0.6 is 23.4 Å². The first-order valence-corrected chi connectivity index (χ1v) is 10.5. The summed E-state index contributed by atoms with van der Waals surface area (Å²) in [5.74, 6) is 0.373. The van der Waals surface area contributed by atoms with Gasteiger partial charge in [0, 0.05) is 22.3 Å². The highest BCUT2D eigenvalue weighted by atomic mass is 35.5. The number of nitrogens with one attached hydrogen (secondary N) is 2. The summed E-state index contributed by atoms with van der Waals surface area (Å²) in [4.78, 5) is 33.3. The average molecular weight is 440 g/mol. The molecule has 7 nitrogen and oxygen atoms in total. The molecule has 0 radical (unpaired) electrons. The van der Waals surface area contributed by atoms with Gasteiger partial charge < -0.3 is 5.32 Å². The maximum atomic E-state index is 12.5. The van der Waals surface area contributed by atoms with Crippen molar-refractivity contribution in [1.82, 2.24) is 19.6 Å². The molecule has 2 N–H and O–H groups in total. The zero-order valence-electron chi connectivity index (χ0n) is 16.3. The molecule has 0 fully saturated rings. The Morgan fingerprint density at radius 3 is 2.63 bits per heavy atom. The average Bonchev–Trinajstić information content (AvgIpc) is 3.05. The second-order valence-electron chi connectivity index (χ2n) is 6.87. The van der Waals surface area contributed by atoms with Crippen molar-refractivity contribution in [2.75, 3.05) is 11.1 Å². The molecule has 0 aliphatic heterocycles. The van der Waals surface area contributed by atoms with Crippen LogP contribution in [0.25, 0.3) is 17.0 Å². The third-order valence-corrected chi connectivity index (χ3v) is 5.42.